The Labute approximate surface area is 139 Å². The molecule has 0 saturated heterocycles. The molecule has 0 aliphatic carbocycles. The van der Waals surface area contributed by atoms with Crippen LogP contribution in [-0.2, 0) is 16.1 Å². The Bertz CT molecular complexity index is 769. The third-order valence-corrected chi connectivity index (χ3v) is 4.06. The lowest BCUT2D eigenvalue weighted by molar-refractivity contribution is -0.121. The van der Waals surface area contributed by atoms with E-state index in [9.17, 15) is 14.7 Å². The highest BCUT2D eigenvalue weighted by Gasteiger charge is 2.21. The van der Waals surface area contributed by atoms with E-state index in [1.54, 1.807) is 6.92 Å². The summed E-state index contributed by atoms with van der Waals surface area (Å²) in [6, 6.07) is 7.61. The van der Waals surface area contributed by atoms with Gasteiger partial charge in [0.1, 0.15) is 12.3 Å². The highest BCUT2D eigenvalue weighted by atomic mass is 16.5. The maximum atomic E-state index is 11.8. The van der Waals surface area contributed by atoms with Gasteiger partial charge in [-0.25, -0.2) is 4.79 Å². The van der Waals surface area contributed by atoms with E-state index in [1.165, 1.54) is 0 Å². The number of anilines is 1. The predicted octanol–water partition coefficient (Wildman–Crippen LogP) is 1.11. The molecule has 1 aliphatic heterocycles. The number of amides is 1. The van der Waals surface area contributed by atoms with Crippen LogP contribution >= 0.6 is 0 Å². The molecule has 24 heavy (non-hydrogen) atoms. The van der Waals surface area contributed by atoms with Crippen LogP contribution < -0.4 is 10.6 Å². The fourth-order valence-electron chi connectivity index (χ4n) is 2.76. The molecule has 1 amide bonds. The Hall–Kier alpha value is -2.54. The Morgan fingerprint density at radius 1 is 1.38 bits per heavy atom. The van der Waals surface area contributed by atoms with Crippen LogP contribution in [0.25, 0.3) is 10.9 Å². The van der Waals surface area contributed by atoms with Gasteiger partial charge in [0, 0.05) is 36.1 Å². The van der Waals surface area contributed by atoms with E-state index in [0.29, 0.717) is 31.8 Å². The van der Waals surface area contributed by atoms with Gasteiger partial charge in [0.25, 0.3) is 0 Å². The molecular weight excluding hydrogens is 310 g/mol. The van der Waals surface area contributed by atoms with Crippen LogP contribution in [0.15, 0.2) is 24.3 Å². The van der Waals surface area contributed by atoms with Gasteiger partial charge in [-0.05, 0) is 24.3 Å². The van der Waals surface area contributed by atoms with Crippen molar-refractivity contribution in [1.29, 1.82) is 0 Å². The molecule has 0 bridgehead atoms. The van der Waals surface area contributed by atoms with Crippen molar-refractivity contribution in [1.82, 2.24) is 9.88 Å². The summed E-state index contributed by atoms with van der Waals surface area (Å²) in [5.41, 5.74) is 2.40. The molecular formula is C17H21N3O4. The second-order valence-electron chi connectivity index (χ2n) is 5.78. The molecule has 1 aromatic heterocycles. The monoisotopic (exact) mass is 331 g/mol. The minimum atomic E-state index is -0.673. The summed E-state index contributed by atoms with van der Waals surface area (Å²) in [5.74, 6) is -0.379. The number of hydrogen-bond donors (Lipinski definition) is 3. The molecule has 0 radical (unpaired) electrons. The molecule has 128 valence electrons. The number of esters is 1. The molecule has 0 saturated carbocycles. The van der Waals surface area contributed by atoms with Gasteiger partial charge in [-0.3, -0.25) is 4.79 Å². The number of rotatable bonds is 6. The normalized spacial score (nSPS) is 14.8. The molecule has 7 heteroatoms. The van der Waals surface area contributed by atoms with Crippen LogP contribution in [0.4, 0.5) is 5.69 Å². The topological polar surface area (TPSA) is 92.6 Å². The number of ether oxygens (including phenoxy) is 1. The fourth-order valence-corrected chi connectivity index (χ4v) is 2.76. The minimum Gasteiger partial charge on any atom is -0.459 e. The van der Waals surface area contributed by atoms with Gasteiger partial charge in [-0.2, -0.15) is 0 Å². The average Bonchev–Trinajstić information content (AvgIpc) is 2.97. The third kappa shape index (κ3) is 3.35. The van der Waals surface area contributed by atoms with Crippen LogP contribution in [-0.4, -0.2) is 47.4 Å². The summed E-state index contributed by atoms with van der Waals surface area (Å²) < 4.78 is 7.01. The van der Waals surface area contributed by atoms with Gasteiger partial charge in [0.15, 0.2) is 0 Å². The zero-order valence-electron chi connectivity index (χ0n) is 13.5. The van der Waals surface area contributed by atoms with Crippen molar-refractivity contribution in [3.63, 3.8) is 0 Å². The second kappa shape index (κ2) is 6.92. The van der Waals surface area contributed by atoms with Gasteiger partial charge in [0.05, 0.1) is 12.6 Å². The molecule has 0 fully saturated rings. The number of aliphatic hydroxyl groups excluding tert-OH is 1. The minimum absolute atomic E-state index is 0.0817. The molecule has 1 aliphatic rings. The number of carbonyl (C=O) groups excluding carboxylic acids is 2. The lowest BCUT2D eigenvalue weighted by Gasteiger charge is -2.16. The van der Waals surface area contributed by atoms with Gasteiger partial charge in [-0.15, -0.1) is 0 Å². The number of fused-ring (bicyclic) bond motifs is 3. The third-order valence-electron chi connectivity index (χ3n) is 4.06. The molecule has 2 aromatic rings. The number of nitrogens with zero attached hydrogens (tertiary/aromatic N) is 1. The number of aromatic nitrogens is 1. The highest BCUT2D eigenvalue weighted by Crippen LogP contribution is 2.25. The van der Waals surface area contributed by atoms with Crippen molar-refractivity contribution in [3.8, 4) is 0 Å². The van der Waals surface area contributed by atoms with Crippen molar-refractivity contribution < 1.29 is 19.4 Å². The van der Waals surface area contributed by atoms with Crippen LogP contribution in [0, 0.1) is 0 Å². The summed E-state index contributed by atoms with van der Waals surface area (Å²) in [7, 11) is 0. The smallest absolute Gasteiger partial charge is 0.355 e. The van der Waals surface area contributed by atoms with Gasteiger partial charge in [0.2, 0.25) is 5.91 Å². The number of cyclic esters (lactones) is 1. The molecule has 1 atom stereocenters. The van der Waals surface area contributed by atoms with Crippen LogP contribution in [0.2, 0.25) is 0 Å². The average molecular weight is 331 g/mol. The van der Waals surface area contributed by atoms with E-state index in [0.717, 1.165) is 16.6 Å². The SMILES string of the molecule is CCC(=O)NC[C@H](O)CNc1ccc2c(c1)cc1n2CCOC1=O. The van der Waals surface area contributed by atoms with Crippen molar-refractivity contribution in [2.45, 2.75) is 26.0 Å². The fraction of sp³-hybridized carbons (Fsp3) is 0.412. The quantitative estimate of drug-likeness (QED) is 0.690. The van der Waals surface area contributed by atoms with E-state index < -0.39 is 6.10 Å². The van der Waals surface area contributed by atoms with E-state index >= 15 is 0 Å². The van der Waals surface area contributed by atoms with Gasteiger partial charge >= 0.3 is 5.97 Å². The molecule has 3 rings (SSSR count). The van der Waals surface area contributed by atoms with Crippen molar-refractivity contribution in [2.24, 2.45) is 0 Å². The van der Waals surface area contributed by atoms with Gasteiger partial charge in [-0.1, -0.05) is 6.92 Å². The van der Waals surface area contributed by atoms with Crippen molar-refractivity contribution in [2.75, 3.05) is 25.0 Å². The number of nitrogens with one attached hydrogen (secondary N) is 2. The molecule has 7 nitrogen and oxygen atoms in total. The maximum absolute atomic E-state index is 11.8. The second-order valence-corrected chi connectivity index (χ2v) is 5.78. The number of carbonyl (C=O) groups is 2. The van der Waals surface area contributed by atoms with E-state index in [4.69, 9.17) is 4.74 Å². The summed E-state index contributed by atoms with van der Waals surface area (Å²) in [6.07, 6.45) is -0.271. The summed E-state index contributed by atoms with van der Waals surface area (Å²) in [6.45, 7) is 3.36. The Balaban J connectivity index is 1.66. The molecule has 3 N–H and O–H groups in total. The molecule has 2 heterocycles. The maximum Gasteiger partial charge on any atom is 0.355 e. The van der Waals surface area contributed by atoms with Gasteiger partial charge < -0.3 is 25.0 Å². The highest BCUT2D eigenvalue weighted by molar-refractivity contribution is 5.97. The van der Waals surface area contributed by atoms with E-state index in [1.807, 2.05) is 28.8 Å². The zero-order chi connectivity index (χ0) is 17.1. The first-order chi connectivity index (χ1) is 11.6. The molecule has 1 aromatic carbocycles. The lowest BCUT2D eigenvalue weighted by atomic mass is 10.2. The van der Waals surface area contributed by atoms with Crippen molar-refractivity contribution in [3.05, 3.63) is 30.0 Å². The van der Waals surface area contributed by atoms with Crippen LogP contribution in [0.5, 0.6) is 0 Å². The predicted molar refractivity (Wildman–Crippen MR) is 90.0 cm³/mol. The first-order valence-electron chi connectivity index (χ1n) is 8.07. The molecule has 0 spiro atoms. The number of hydrogen-bond acceptors (Lipinski definition) is 5. The largest absolute Gasteiger partial charge is 0.459 e. The zero-order valence-corrected chi connectivity index (χ0v) is 13.5. The van der Waals surface area contributed by atoms with Crippen LogP contribution in [0.3, 0.4) is 0 Å². The lowest BCUT2D eigenvalue weighted by Crippen LogP contribution is -2.35. The van der Waals surface area contributed by atoms with Crippen LogP contribution in [0.1, 0.15) is 23.8 Å². The Morgan fingerprint density at radius 2 is 2.21 bits per heavy atom. The first kappa shape index (κ1) is 16.3. The number of aliphatic hydroxyl groups is 1. The summed E-state index contributed by atoms with van der Waals surface area (Å²) in [5, 5.41) is 16.6. The number of benzene rings is 1. The molecule has 0 unspecified atom stereocenters. The standard InChI is InChI=1S/C17H21N3O4/c1-2-16(22)19-10-13(21)9-18-12-3-4-14-11(7-12)8-15-17(23)24-6-5-20(14)15/h3-4,7-8,13,18,21H,2,5-6,9-10H2,1H3,(H,19,22)/t13-/m1/s1. The Morgan fingerprint density at radius 3 is 3.00 bits per heavy atom. The summed E-state index contributed by atoms with van der Waals surface area (Å²) in [4.78, 5) is 23.0. The summed E-state index contributed by atoms with van der Waals surface area (Å²) >= 11 is 0. The van der Waals surface area contributed by atoms with Crippen molar-refractivity contribution >= 4 is 28.5 Å². The Kier molecular flexibility index (Phi) is 4.71. The van der Waals surface area contributed by atoms with E-state index in [-0.39, 0.29) is 18.4 Å². The first-order valence-corrected chi connectivity index (χ1v) is 8.07. The van der Waals surface area contributed by atoms with E-state index in [2.05, 4.69) is 10.6 Å².